The van der Waals surface area contributed by atoms with E-state index in [2.05, 4.69) is 27.8 Å². The lowest BCUT2D eigenvalue weighted by molar-refractivity contribution is 0.601. The number of para-hydroxylation sites is 1. The van der Waals surface area contributed by atoms with E-state index < -0.39 is 10.0 Å². The van der Waals surface area contributed by atoms with Gasteiger partial charge in [0.15, 0.2) is 0 Å². The summed E-state index contributed by atoms with van der Waals surface area (Å²) < 4.78 is 28.8. The number of fused-ring (bicyclic) bond motifs is 1. The molecule has 0 saturated heterocycles. The Morgan fingerprint density at radius 2 is 1.44 bits per heavy atom. The molecule has 5 rings (SSSR count). The van der Waals surface area contributed by atoms with E-state index in [4.69, 9.17) is 0 Å². The quantitative estimate of drug-likeness (QED) is 0.400. The molecule has 1 aliphatic rings. The monoisotopic (exact) mass is 440 g/mol. The summed E-state index contributed by atoms with van der Waals surface area (Å²) in [7, 11) is -3.69. The minimum atomic E-state index is -3.69. The van der Waals surface area contributed by atoms with Gasteiger partial charge in [0.05, 0.1) is 10.6 Å². The molecule has 0 unspecified atom stereocenters. The molecule has 4 aromatic rings. The molecule has 1 N–H and O–H groups in total. The lowest BCUT2D eigenvalue weighted by Crippen LogP contribution is -2.24. The molecule has 0 aromatic heterocycles. The van der Waals surface area contributed by atoms with Gasteiger partial charge in [0.25, 0.3) is 10.0 Å². The normalized spacial score (nSPS) is 13.4. The fourth-order valence-electron chi connectivity index (χ4n) is 4.21. The molecular weight excluding hydrogens is 416 g/mol. The fourth-order valence-corrected chi connectivity index (χ4v) is 5.26. The van der Waals surface area contributed by atoms with E-state index in [1.165, 1.54) is 11.3 Å². The highest BCUT2D eigenvalue weighted by atomic mass is 32.2. The van der Waals surface area contributed by atoms with E-state index in [0.29, 0.717) is 5.69 Å². The highest BCUT2D eigenvalue weighted by molar-refractivity contribution is 7.92. The van der Waals surface area contributed by atoms with Gasteiger partial charge in [-0.3, -0.25) is 4.72 Å². The van der Waals surface area contributed by atoms with Crippen LogP contribution >= 0.6 is 0 Å². The molecule has 0 bridgehead atoms. The molecule has 1 aliphatic heterocycles. The van der Waals surface area contributed by atoms with Gasteiger partial charge in [-0.1, -0.05) is 66.7 Å². The Bertz CT molecular complexity index is 1330. The Labute approximate surface area is 189 Å². The van der Waals surface area contributed by atoms with Crippen LogP contribution in [0.25, 0.3) is 11.1 Å². The zero-order chi connectivity index (χ0) is 22.0. The first-order valence-corrected chi connectivity index (χ1v) is 12.2. The smallest absolute Gasteiger partial charge is 0.261 e. The second-order valence-electron chi connectivity index (χ2n) is 7.93. The van der Waals surface area contributed by atoms with E-state index in [9.17, 15) is 8.42 Å². The Morgan fingerprint density at radius 1 is 0.719 bits per heavy atom. The number of anilines is 3. The molecule has 5 heteroatoms. The van der Waals surface area contributed by atoms with Crippen LogP contribution in [0.2, 0.25) is 0 Å². The summed E-state index contributed by atoms with van der Waals surface area (Å²) in [6.45, 7) is 0.911. The number of sulfonamides is 1. The maximum Gasteiger partial charge on any atom is 0.261 e. The van der Waals surface area contributed by atoms with Gasteiger partial charge in [-0.15, -0.1) is 0 Å². The molecule has 160 valence electrons. The number of benzene rings is 4. The molecule has 0 aliphatic carbocycles. The third-order valence-corrected chi connectivity index (χ3v) is 7.19. The van der Waals surface area contributed by atoms with E-state index in [-0.39, 0.29) is 4.90 Å². The summed E-state index contributed by atoms with van der Waals surface area (Å²) in [5.74, 6) is 0. The van der Waals surface area contributed by atoms with Crippen molar-refractivity contribution in [2.75, 3.05) is 16.2 Å². The summed E-state index contributed by atoms with van der Waals surface area (Å²) in [5.41, 5.74) is 6.09. The summed E-state index contributed by atoms with van der Waals surface area (Å²) in [5, 5.41) is 0. The van der Waals surface area contributed by atoms with Crippen LogP contribution in [-0.4, -0.2) is 15.0 Å². The molecule has 1 heterocycles. The van der Waals surface area contributed by atoms with Crippen LogP contribution in [-0.2, 0) is 16.4 Å². The van der Waals surface area contributed by atoms with Gasteiger partial charge in [0.2, 0.25) is 0 Å². The second-order valence-corrected chi connectivity index (χ2v) is 9.61. The lowest BCUT2D eigenvalue weighted by Gasteiger charge is -2.31. The van der Waals surface area contributed by atoms with Crippen LogP contribution in [0.15, 0.2) is 108 Å². The highest BCUT2D eigenvalue weighted by Crippen LogP contribution is 2.34. The molecular formula is C27H24N2O2S. The summed E-state index contributed by atoms with van der Waals surface area (Å²) >= 11 is 0. The first-order valence-electron chi connectivity index (χ1n) is 10.7. The largest absolute Gasteiger partial charge is 0.341 e. The van der Waals surface area contributed by atoms with Crippen molar-refractivity contribution in [3.63, 3.8) is 0 Å². The number of nitrogens with one attached hydrogen (secondary N) is 1. The van der Waals surface area contributed by atoms with Crippen LogP contribution in [0.3, 0.4) is 0 Å². The van der Waals surface area contributed by atoms with Gasteiger partial charge in [0, 0.05) is 17.9 Å². The Hall–Kier alpha value is -3.57. The van der Waals surface area contributed by atoms with Gasteiger partial charge in [0.1, 0.15) is 0 Å². The van der Waals surface area contributed by atoms with Crippen LogP contribution in [0.4, 0.5) is 17.1 Å². The van der Waals surface area contributed by atoms with Crippen molar-refractivity contribution in [1.29, 1.82) is 0 Å². The summed E-state index contributed by atoms with van der Waals surface area (Å²) in [6, 6.07) is 32.9. The van der Waals surface area contributed by atoms with Crippen molar-refractivity contribution in [3.8, 4) is 11.1 Å². The van der Waals surface area contributed by atoms with Gasteiger partial charge in [-0.2, -0.15) is 0 Å². The number of hydrogen-bond acceptors (Lipinski definition) is 3. The molecule has 4 aromatic carbocycles. The van der Waals surface area contributed by atoms with Gasteiger partial charge >= 0.3 is 0 Å². The molecule has 0 spiro atoms. The van der Waals surface area contributed by atoms with Crippen LogP contribution in [0.5, 0.6) is 0 Å². The van der Waals surface area contributed by atoms with Crippen molar-refractivity contribution < 1.29 is 8.42 Å². The van der Waals surface area contributed by atoms with Crippen molar-refractivity contribution in [1.82, 2.24) is 0 Å². The van der Waals surface area contributed by atoms with Crippen LogP contribution < -0.4 is 9.62 Å². The maximum atomic E-state index is 13.0. The van der Waals surface area contributed by atoms with E-state index in [0.717, 1.165) is 36.2 Å². The van der Waals surface area contributed by atoms with Gasteiger partial charge < -0.3 is 4.90 Å². The minimum Gasteiger partial charge on any atom is -0.341 e. The Kier molecular flexibility index (Phi) is 5.41. The van der Waals surface area contributed by atoms with Crippen molar-refractivity contribution in [3.05, 3.63) is 109 Å². The Balaban J connectivity index is 1.39. The third-order valence-electron chi connectivity index (χ3n) is 5.79. The van der Waals surface area contributed by atoms with Crippen LogP contribution in [0.1, 0.15) is 12.0 Å². The molecule has 0 radical (unpaired) electrons. The number of nitrogens with zero attached hydrogens (tertiary/aromatic N) is 1. The zero-order valence-corrected chi connectivity index (χ0v) is 18.4. The SMILES string of the molecule is O=S(=O)(Nc1cccc(N2CCCc3ccccc32)c1)c1ccc(-c2ccccc2)cc1. The van der Waals surface area contributed by atoms with Crippen molar-refractivity contribution in [2.24, 2.45) is 0 Å². The molecule has 4 nitrogen and oxygen atoms in total. The summed E-state index contributed by atoms with van der Waals surface area (Å²) in [6.07, 6.45) is 2.14. The minimum absolute atomic E-state index is 0.242. The van der Waals surface area contributed by atoms with Crippen molar-refractivity contribution >= 4 is 27.1 Å². The maximum absolute atomic E-state index is 13.0. The average Bonchev–Trinajstić information content (AvgIpc) is 2.84. The van der Waals surface area contributed by atoms with Gasteiger partial charge in [-0.05, 0) is 65.9 Å². The standard InChI is InChI=1S/C27H24N2O2S/c30-32(31,26-17-15-22(16-18-26)21-8-2-1-3-9-21)28-24-12-6-13-25(20-24)29-19-7-11-23-10-4-5-14-27(23)29/h1-6,8-10,12-18,20,28H,7,11,19H2. The first-order chi connectivity index (χ1) is 15.6. The third kappa shape index (κ3) is 4.12. The fraction of sp³-hybridized carbons (Fsp3) is 0.111. The molecule has 0 saturated carbocycles. The van der Waals surface area contributed by atoms with E-state index >= 15 is 0 Å². The van der Waals surface area contributed by atoms with E-state index in [1.54, 1.807) is 18.2 Å². The highest BCUT2D eigenvalue weighted by Gasteiger charge is 2.19. The van der Waals surface area contributed by atoms with Crippen molar-refractivity contribution in [2.45, 2.75) is 17.7 Å². The van der Waals surface area contributed by atoms with E-state index in [1.807, 2.05) is 66.7 Å². The van der Waals surface area contributed by atoms with Gasteiger partial charge in [-0.25, -0.2) is 8.42 Å². The molecule has 0 atom stereocenters. The average molecular weight is 441 g/mol. The second kappa shape index (κ2) is 8.52. The molecule has 0 amide bonds. The lowest BCUT2D eigenvalue weighted by atomic mass is 10.0. The topological polar surface area (TPSA) is 49.4 Å². The molecule has 0 fully saturated rings. The number of aryl methyl sites for hydroxylation is 1. The zero-order valence-electron chi connectivity index (χ0n) is 17.6. The Morgan fingerprint density at radius 3 is 2.25 bits per heavy atom. The number of rotatable bonds is 5. The summed E-state index contributed by atoms with van der Waals surface area (Å²) in [4.78, 5) is 2.50. The first kappa shape index (κ1) is 20.3. The molecule has 32 heavy (non-hydrogen) atoms. The number of hydrogen-bond donors (Lipinski definition) is 1. The van der Waals surface area contributed by atoms with Crippen LogP contribution in [0, 0.1) is 0 Å². The predicted molar refractivity (Wildman–Crippen MR) is 131 cm³/mol. The predicted octanol–water partition coefficient (Wildman–Crippen LogP) is 6.24.